The molecule has 0 unspecified atom stereocenters. The number of benzene rings is 2. The molecule has 0 spiro atoms. The molecule has 3 rings (SSSR count). The van der Waals surface area contributed by atoms with E-state index >= 15 is 0 Å². The molecule has 6 nitrogen and oxygen atoms in total. The van der Waals surface area contributed by atoms with E-state index in [1.54, 1.807) is 24.3 Å². The van der Waals surface area contributed by atoms with Crippen molar-refractivity contribution in [2.24, 2.45) is 0 Å². The van der Waals surface area contributed by atoms with Crippen LogP contribution in [-0.2, 0) is 14.3 Å². The summed E-state index contributed by atoms with van der Waals surface area (Å²) in [6.07, 6.45) is 0. The molecule has 0 atom stereocenters. The molecule has 0 fully saturated rings. The van der Waals surface area contributed by atoms with E-state index in [9.17, 15) is 9.59 Å². The molecule has 2 aromatic rings. The Kier molecular flexibility index (Phi) is 7.13. The molecule has 0 bridgehead atoms. The van der Waals surface area contributed by atoms with Crippen LogP contribution in [-0.4, -0.2) is 50.1 Å². The second-order valence-corrected chi connectivity index (χ2v) is 7.29. The van der Waals surface area contributed by atoms with Crippen molar-refractivity contribution in [1.29, 1.82) is 0 Å². The van der Waals surface area contributed by atoms with E-state index in [0.29, 0.717) is 16.2 Å². The summed E-state index contributed by atoms with van der Waals surface area (Å²) in [5, 5.41) is 3.73. The number of hydrogen-bond donors (Lipinski definition) is 1. The van der Waals surface area contributed by atoms with E-state index in [1.165, 1.54) is 12.0 Å². The number of ether oxygens (including phenoxy) is 1. The van der Waals surface area contributed by atoms with Gasteiger partial charge in [-0.05, 0) is 55.8 Å². The number of methoxy groups -OCH3 is 1. The fourth-order valence-corrected chi connectivity index (χ4v) is 3.58. The summed E-state index contributed by atoms with van der Waals surface area (Å²) in [6, 6.07) is 14.7. The first kappa shape index (κ1) is 21.9. The molecule has 2 amide bonds. The topological polar surface area (TPSA) is 61.9 Å². The number of nitrogens with zero attached hydrogens (tertiary/aromatic N) is 2. The van der Waals surface area contributed by atoms with Gasteiger partial charge in [0.1, 0.15) is 5.70 Å². The van der Waals surface area contributed by atoms with Gasteiger partial charge in [0, 0.05) is 36.6 Å². The number of nitrogens with one attached hydrogen (secondary N) is 1. The molecule has 2 aromatic carbocycles. The van der Waals surface area contributed by atoms with Crippen molar-refractivity contribution in [2.45, 2.75) is 13.8 Å². The van der Waals surface area contributed by atoms with E-state index in [-0.39, 0.29) is 30.7 Å². The lowest BCUT2D eigenvalue weighted by molar-refractivity contribution is -0.137. The van der Waals surface area contributed by atoms with Gasteiger partial charge in [0.25, 0.3) is 11.8 Å². The van der Waals surface area contributed by atoms with Gasteiger partial charge in [-0.15, -0.1) is 0 Å². The molecule has 1 heterocycles. The lowest BCUT2D eigenvalue weighted by atomic mass is 10.0. The lowest BCUT2D eigenvalue weighted by Gasteiger charge is -2.21. The number of carbonyl (C=O) groups excluding carboxylic acids is 2. The Bertz CT molecular complexity index is 935. The minimum Gasteiger partial charge on any atom is -0.383 e. The monoisotopic (exact) mass is 427 g/mol. The Labute approximate surface area is 182 Å². The molecule has 1 aliphatic heterocycles. The summed E-state index contributed by atoms with van der Waals surface area (Å²) in [4.78, 5) is 29.5. The van der Waals surface area contributed by atoms with Crippen molar-refractivity contribution in [3.05, 3.63) is 64.8 Å². The third-order valence-electron chi connectivity index (χ3n) is 5.09. The van der Waals surface area contributed by atoms with Crippen molar-refractivity contribution >= 4 is 40.4 Å². The normalized spacial score (nSPS) is 13.9. The van der Waals surface area contributed by atoms with Crippen LogP contribution in [0.5, 0.6) is 0 Å². The lowest BCUT2D eigenvalue weighted by Crippen LogP contribution is -2.35. The Hall–Kier alpha value is -2.83. The third kappa shape index (κ3) is 4.50. The first-order chi connectivity index (χ1) is 14.5. The highest BCUT2D eigenvalue weighted by Crippen LogP contribution is 2.31. The number of imide groups is 1. The SMILES string of the molecule is CCN(CC)c1ccc(NC2=C(c3ccc(Cl)cc3)C(=O)N(CCOC)C2=O)cc1. The standard InChI is InChI=1S/C23H26ClN3O3/c1-4-26(5-2)19-12-10-18(11-13-19)25-21-20(16-6-8-17(24)9-7-16)22(28)27(23(21)29)14-15-30-3/h6-13,25H,4-5,14-15H2,1-3H3. The third-order valence-corrected chi connectivity index (χ3v) is 5.34. The number of anilines is 2. The number of amides is 2. The van der Waals surface area contributed by atoms with Gasteiger partial charge in [-0.3, -0.25) is 14.5 Å². The van der Waals surface area contributed by atoms with Gasteiger partial charge in [0.05, 0.1) is 18.7 Å². The highest BCUT2D eigenvalue weighted by molar-refractivity contribution is 6.36. The van der Waals surface area contributed by atoms with Gasteiger partial charge >= 0.3 is 0 Å². The minimum atomic E-state index is -0.366. The summed E-state index contributed by atoms with van der Waals surface area (Å²) < 4.78 is 5.06. The van der Waals surface area contributed by atoms with Crippen molar-refractivity contribution in [2.75, 3.05) is 43.6 Å². The number of halogens is 1. The summed E-state index contributed by atoms with van der Waals surface area (Å²) in [6.45, 7) is 6.51. The highest BCUT2D eigenvalue weighted by Gasteiger charge is 2.38. The summed E-state index contributed by atoms with van der Waals surface area (Å²) in [5.41, 5.74) is 3.07. The van der Waals surface area contributed by atoms with Crippen molar-refractivity contribution in [3.8, 4) is 0 Å². The first-order valence-electron chi connectivity index (χ1n) is 9.97. The van der Waals surface area contributed by atoms with E-state index in [0.717, 1.165) is 24.5 Å². The van der Waals surface area contributed by atoms with Gasteiger partial charge in [-0.25, -0.2) is 0 Å². The maximum Gasteiger partial charge on any atom is 0.278 e. The summed E-state index contributed by atoms with van der Waals surface area (Å²) >= 11 is 6.00. The number of rotatable bonds is 9. The van der Waals surface area contributed by atoms with E-state index in [1.807, 2.05) is 24.3 Å². The zero-order valence-electron chi connectivity index (χ0n) is 17.4. The predicted molar refractivity (Wildman–Crippen MR) is 121 cm³/mol. The molecule has 0 aromatic heterocycles. The molecule has 0 aliphatic carbocycles. The average molecular weight is 428 g/mol. The highest BCUT2D eigenvalue weighted by atomic mass is 35.5. The van der Waals surface area contributed by atoms with Crippen LogP contribution >= 0.6 is 11.6 Å². The van der Waals surface area contributed by atoms with Gasteiger partial charge in [-0.1, -0.05) is 23.7 Å². The van der Waals surface area contributed by atoms with Crippen LogP contribution < -0.4 is 10.2 Å². The number of hydrogen-bond acceptors (Lipinski definition) is 5. The Morgan fingerprint density at radius 1 is 0.967 bits per heavy atom. The maximum absolute atomic E-state index is 13.0. The fourth-order valence-electron chi connectivity index (χ4n) is 3.45. The quantitative estimate of drug-likeness (QED) is 0.612. The van der Waals surface area contributed by atoms with Gasteiger partial charge < -0.3 is 15.0 Å². The number of carbonyl (C=O) groups is 2. The molecule has 1 aliphatic rings. The van der Waals surface area contributed by atoms with Crippen LogP contribution in [0.2, 0.25) is 5.02 Å². The molecule has 0 radical (unpaired) electrons. The zero-order chi connectivity index (χ0) is 21.7. The van der Waals surface area contributed by atoms with Gasteiger partial charge in [0.15, 0.2) is 0 Å². The molecule has 0 saturated heterocycles. The molecule has 158 valence electrons. The van der Waals surface area contributed by atoms with Crippen LogP contribution in [0.1, 0.15) is 19.4 Å². The van der Waals surface area contributed by atoms with Crippen molar-refractivity contribution < 1.29 is 14.3 Å². The second kappa shape index (κ2) is 9.78. The smallest absolute Gasteiger partial charge is 0.278 e. The van der Waals surface area contributed by atoms with Crippen LogP contribution in [0.15, 0.2) is 54.2 Å². The molecule has 7 heteroatoms. The Morgan fingerprint density at radius 3 is 2.17 bits per heavy atom. The predicted octanol–water partition coefficient (Wildman–Crippen LogP) is 4.02. The first-order valence-corrected chi connectivity index (χ1v) is 10.3. The fraction of sp³-hybridized carbons (Fsp3) is 0.304. The van der Waals surface area contributed by atoms with Gasteiger partial charge in [0.2, 0.25) is 0 Å². The van der Waals surface area contributed by atoms with Gasteiger partial charge in [-0.2, -0.15) is 0 Å². The Morgan fingerprint density at radius 2 is 1.60 bits per heavy atom. The maximum atomic E-state index is 13.0. The van der Waals surface area contributed by atoms with Crippen LogP contribution in [0, 0.1) is 0 Å². The molecule has 1 N–H and O–H groups in total. The van der Waals surface area contributed by atoms with Crippen LogP contribution in [0.3, 0.4) is 0 Å². The largest absolute Gasteiger partial charge is 0.383 e. The molecule has 30 heavy (non-hydrogen) atoms. The minimum absolute atomic E-state index is 0.192. The molecule has 0 saturated carbocycles. The molecular formula is C23H26ClN3O3. The van der Waals surface area contributed by atoms with E-state index in [4.69, 9.17) is 16.3 Å². The van der Waals surface area contributed by atoms with Crippen LogP contribution in [0.4, 0.5) is 11.4 Å². The Balaban J connectivity index is 1.95. The van der Waals surface area contributed by atoms with Crippen LogP contribution in [0.25, 0.3) is 5.57 Å². The van der Waals surface area contributed by atoms with E-state index < -0.39 is 0 Å². The molecular weight excluding hydrogens is 402 g/mol. The second-order valence-electron chi connectivity index (χ2n) is 6.86. The summed E-state index contributed by atoms with van der Waals surface area (Å²) in [5.74, 6) is -0.712. The van der Waals surface area contributed by atoms with Crippen molar-refractivity contribution in [3.63, 3.8) is 0 Å². The average Bonchev–Trinajstić information content (AvgIpc) is 2.98. The summed E-state index contributed by atoms with van der Waals surface area (Å²) in [7, 11) is 1.54. The van der Waals surface area contributed by atoms with Crippen molar-refractivity contribution in [1.82, 2.24) is 4.90 Å². The van der Waals surface area contributed by atoms with E-state index in [2.05, 4.69) is 24.1 Å². The zero-order valence-corrected chi connectivity index (χ0v) is 18.2.